The minimum atomic E-state index is -4.61. The number of Topliss-reactive ketones (excluding diaryl/α,β-unsaturated/α-hetero) is 1. The molecule has 252 valence electrons. The Morgan fingerprint density at radius 3 is 1.98 bits per heavy atom. The molecule has 0 spiro atoms. The van der Waals surface area contributed by atoms with Crippen LogP contribution in [0.4, 0.5) is 13.2 Å². The van der Waals surface area contributed by atoms with Crippen LogP contribution < -0.4 is 0 Å². The van der Waals surface area contributed by atoms with E-state index >= 15 is 0 Å². The van der Waals surface area contributed by atoms with Crippen molar-refractivity contribution in [3.8, 4) is 0 Å². The standard InChI is InChI=1S/C36H46F3O6P/c1-33-19-20-35(41,36(37,38)39)21-27(33)13-14-28-29-15-16-31(34(29,2)18-17-30(28)33)32(40)24-45-46(42,43-22-25-9-5-3-6-10-25)44-23-26-11-7-4-8-12-26/h3-12,27-31,41H,13-24H2,1-2H3/t27-,28+,29+,30+,31-,33+,34+,35-/m1/s1. The van der Waals surface area contributed by atoms with E-state index in [0.717, 1.165) is 36.8 Å². The lowest BCUT2D eigenvalue weighted by Crippen LogP contribution is -2.59. The molecule has 0 radical (unpaired) electrons. The molecule has 0 bridgehead atoms. The molecule has 4 fully saturated rings. The van der Waals surface area contributed by atoms with Crippen molar-refractivity contribution in [1.82, 2.24) is 0 Å². The number of alkyl halides is 3. The molecule has 0 unspecified atom stereocenters. The number of halogens is 3. The van der Waals surface area contributed by atoms with Gasteiger partial charge in [-0.05, 0) is 103 Å². The molecule has 4 aliphatic rings. The van der Waals surface area contributed by atoms with E-state index < -0.39 is 19.6 Å². The van der Waals surface area contributed by atoms with Crippen molar-refractivity contribution in [2.24, 2.45) is 40.4 Å². The summed E-state index contributed by atoms with van der Waals surface area (Å²) in [4.78, 5) is 13.8. The Morgan fingerprint density at radius 2 is 1.39 bits per heavy atom. The number of ketones is 1. The first kappa shape index (κ1) is 33.9. The molecule has 46 heavy (non-hydrogen) atoms. The van der Waals surface area contributed by atoms with Crippen molar-refractivity contribution < 1.29 is 41.2 Å². The number of rotatable bonds is 10. The largest absolute Gasteiger partial charge is 0.475 e. The van der Waals surface area contributed by atoms with E-state index in [1.165, 1.54) is 0 Å². The summed E-state index contributed by atoms with van der Waals surface area (Å²) in [5.74, 6) is 0.379. The van der Waals surface area contributed by atoms with Crippen LogP contribution in [0.1, 0.15) is 82.8 Å². The van der Waals surface area contributed by atoms with Crippen LogP contribution in [-0.4, -0.2) is 29.3 Å². The fraction of sp³-hybridized carbons (Fsp3) is 0.639. The fourth-order valence-corrected chi connectivity index (χ4v) is 11.0. The number of phosphoric acid groups is 1. The minimum absolute atomic E-state index is 0.00746. The van der Waals surface area contributed by atoms with Gasteiger partial charge < -0.3 is 5.11 Å². The molecule has 0 aromatic heterocycles. The smallest absolute Gasteiger partial charge is 0.380 e. The number of aliphatic hydroxyl groups is 1. The number of hydrogen-bond acceptors (Lipinski definition) is 6. The van der Waals surface area contributed by atoms with Gasteiger partial charge in [0.05, 0.1) is 13.2 Å². The second-order valence-electron chi connectivity index (χ2n) is 14.8. The van der Waals surface area contributed by atoms with Crippen molar-refractivity contribution in [1.29, 1.82) is 0 Å². The summed E-state index contributed by atoms with van der Waals surface area (Å²) in [6.07, 6.45) is 0.0653. The molecule has 10 heteroatoms. The predicted octanol–water partition coefficient (Wildman–Crippen LogP) is 9.07. The van der Waals surface area contributed by atoms with Gasteiger partial charge in [-0.3, -0.25) is 18.4 Å². The van der Waals surface area contributed by atoms with Gasteiger partial charge in [0.2, 0.25) is 0 Å². The highest BCUT2D eigenvalue weighted by molar-refractivity contribution is 7.48. The second-order valence-corrected chi connectivity index (χ2v) is 16.4. The van der Waals surface area contributed by atoms with E-state index in [1.807, 2.05) is 60.7 Å². The SMILES string of the molecule is C[C@]12CC[C@](O)(C(F)(F)F)C[C@H]1CC[C@@H]1[C@@H]2CC[C@]2(C)[C@@H](C(=O)COP(=O)(OCc3ccccc3)OCc3ccccc3)CC[C@@H]12. The minimum Gasteiger partial charge on any atom is -0.380 e. The zero-order chi connectivity index (χ0) is 32.8. The monoisotopic (exact) mass is 662 g/mol. The van der Waals surface area contributed by atoms with E-state index in [0.29, 0.717) is 25.2 Å². The van der Waals surface area contributed by atoms with Crippen molar-refractivity contribution in [3.63, 3.8) is 0 Å². The average molecular weight is 663 g/mol. The highest BCUT2D eigenvalue weighted by Gasteiger charge is 2.65. The summed E-state index contributed by atoms with van der Waals surface area (Å²) in [6.45, 7) is 3.98. The topological polar surface area (TPSA) is 82.1 Å². The zero-order valence-electron chi connectivity index (χ0n) is 26.7. The van der Waals surface area contributed by atoms with Gasteiger partial charge in [-0.1, -0.05) is 74.5 Å². The van der Waals surface area contributed by atoms with Gasteiger partial charge in [-0.25, -0.2) is 4.57 Å². The van der Waals surface area contributed by atoms with E-state index in [2.05, 4.69) is 13.8 Å². The zero-order valence-corrected chi connectivity index (χ0v) is 27.6. The lowest BCUT2D eigenvalue weighted by molar-refractivity contribution is -0.290. The van der Waals surface area contributed by atoms with Crippen LogP contribution >= 0.6 is 7.82 Å². The number of benzene rings is 2. The molecule has 8 atom stereocenters. The maximum atomic E-state index is 13.8. The highest BCUT2D eigenvalue weighted by atomic mass is 31.2. The molecule has 4 aliphatic carbocycles. The molecule has 0 heterocycles. The van der Waals surface area contributed by atoms with Crippen molar-refractivity contribution in [2.45, 2.75) is 96.6 Å². The molecule has 6 rings (SSSR count). The third-order valence-electron chi connectivity index (χ3n) is 12.5. The summed E-state index contributed by atoms with van der Waals surface area (Å²) in [5, 5.41) is 10.5. The van der Waals surface area contributed by atoms with Crippen LogP contribution in [0.15, 0.2) is 60.7 Å². The van der Waals surface area contributed by atoms with E-state index in [9.17, 15) is 27.6 Å². The summed E-state index contributed by atoms with van der Waals surface area (Å²) >= 11 is 0. The molecule has 0 aliphatic heterocycles. The first-order chi connectivity index (χ1) is 21.8. The van der Waals surface area contributed by atoms with E-state index in [-0.39, 0.29) is 72.9 Å². The molecule has 1 N–H and O–H groups in total. The normalized spacial score (nSPS) is 36.0. The van der Waals surface area contributed by atoms with Crippen molar-refractivity contribution >= 4 is 13.6 Å². The Bertz CT molecular complexity index is 1370. The number of phosphoric ester groups is 1. The molecule has 4 saturated carbocycles. The molecule has 2 aromatic carbocycles. The summed E-state index contributed by atoms with van der Waals surface area (Å²) in [5.41, 5.74) is -1.49. The van der Waals surface area contributed by atoms with Gasteiger partial charge in [-0.2, -0.15) is 13.2 Å². The van der Waals surface area contributed by atoms with Crippen LogP contribution in [0.3, 0.4) is 0 Å². The summed E-state index contributed by atoms with van der Waals surface area (Å²) in [7, 11) is -4.10. The van der Waals surface area contributed by atoms with Crippen LogP contribution in [0.5, 0.6) is 0 Å². The van der Waals surface area contributed by atoms with Crippen LogP contribution in [0.25, 0.3) is 0 Å². The van der Waals surface area contributed by atoms with Gasteiger partial charge in [-0.15, -0.1) is 0 Å². The van der Waals surface area contributed by atoms with Crippen LogP contribution in [0, 0.1) is 40.4 Å². The van der Waals surface area contributed by atoms with Crippen molar-refractivity contribution in [2.75, 3.05) is 6.61 Å². The lowest BCUT2D eigenvalue weighted by atomic mass is 9.43. The molecule has 6 nitrogen and oxygen atoms in total. The summed E-state index contributed by atoms with van der Waals surface area (Å²) in [6, 6.07) is 18.6. The number of fused-ring (bicyclic) bond motifs is 5. The number of hydrogen-bond donors (Lipinski definition) is 1. The third-order valence-corrected chi connectivity index (χ3v) is 13.8. The second kappa shape index (κ2) is 12.8. The molecule has 2 aromatic rings. The van der Waals surface area contributed by atoms with Gasteiger partial charge >= 0.3 is 14.0 Å². The maximum absolute atomic E-state index is 13.8. The van der Waals surface area contributed by atoms with Crippen molar-refractivity contribution in [3.05, 3.63) is 71.8 Å². The molecular formula is C36H46F3O6P. The maximum Gasteiger partial charge on any atom is 0.475 e. The molecule has 0 amide bonds. The number of carbonyl (C=O) groups excluding carboxylic acids is 1. The van der Waals surface area contributed by atoms with E-state index in [1.54, 1.807) is 0 Å². The lowest BCUT2D eigenvalue weighted by Gasteiger charge is -2.62. The first-order valence-corrected chi connectivity index (χ1v) is 18.2. The third kappa shape index (κ3) is 6.39. The quantitative estimate of drug-likeness (QED) is 0.256. The number of carbonyl (C=O) groups is 1. The Hall–Kier alpha value is -2.03. The van der Waals surface area contributed by atoms with Crippen LogP contribution in [-0.2, 0) is 36.1 Å². The average Bonchev–Trinajstić information content (AvgIpc) is 3.40. The predicted molar refractivity (Wildman–Crippen MR) is 167 cm³/mol. The fourth-order valence-electron chi connectivity index (χ4n) is 9.84. The van der Waals surface area contributed by atoms with Gasteiger partial charge in [0, 0.05) is 5.92 Å². The van der Waals surface area contributed by atoms with Gasteiger partial charge in [0.25, 0.3) is 0 Å². The highest BCUT2D eigenvalue weighted by Crippen LogP contribution is 2.69. The van der Waals surface area contributed by atoms with Crippen LogP contribution in [0.2, 0.25) is 0 Å². The van der Waals surface area contributed by atoms with E-state index in [4.69, 9.17) is 13.6 Å². The Kier molecular flexibility index (Phi) is 9.40. The van der Waals surface area contributed by atoms with Gasteiger partial charge in [0.15, 0.2) is 11.4 Å². The summed E-state index contributed by atoms with van der Waals surface area (Å²) < 4.78 is 72.2. The Balaban J connectivity index is 1.12. The molecule has 0 saturated heterocycles. The molecular weight excluding hydrogens is 616 g/mol. The first-order valence-electron chi connectivity index (χ1n) is 16.7. The van der Waals surface area contributed by atoms with Gasteiger partial charge in [0.1, 0.15) is 6.61 Å². The Labute approximate surface area is 270 Å². The Morgan fingerprint density at radius 1 is 0.804 bits per heavy atom.